The minimum Gasteiger partial charge on any atom is -0.457 e. The van der Waals surface area contributed by atoms with E-state index in [1.54, 1.807) is 24.3 Å². The molecule has 2 N–H and O–H groups in total. The van der Waals surface area contributed by atoms with Crippen LogP contribution in [-0.2, 0) is 0 Å². The van der Waals surface area contributed by atoms with Crippen molar-refractivity contribution in [2.45, 2.75) is 0 Å². The van der Waals surface area contributed by atoms with Crippen LogP contribution in [-0.4, -0.2) is 6.03 Å². The lowest BCUT2D eigenvalue weighted by Gasteiger charge is -2.06. The normalized spacial score (nSPS) is 9.65. The van der Waals surface area contributed by atoms with E-state index in [0.29, 0.717) is 11.4 Å². The first kappa shape index (κ1) is 11.0. The third kappa shape index (κ3) is 3.24. The second kappa shape index (κ2) is 5.03. The van der Waals surface area contributed by atoms with E-state index in [4.69, 9.17) is 10.5 Å². The molecule has 0 saturated heterocycles. The van der Waals surface area contributed by atoms with Gasteiger partial charge in [-0.1, -0.05) is 18.2 Å². The van der Waals surface area contributed by atoms with Gasteiger partial charge in [0.05, 0.1) is 0 Å². The molecule has 0 spiro atoms. The predicted octanol–water partition coefficient (Wildman–Crippen LogP) is 3.29. The summed E-state index contributed by atoms with van der Waals surface area (Å²) in [5.74, 6) is 1.43. The van der Waals surface area contributed by atoms with E-state index in [1.807, 2.05) is 30.3 Å². The van der Waals surface area contributed by atoms with E-state index >= 15 is 0 Å². The Morgan fingerprint density at radius 1 is 0.941 bits per heavy atom. The zero-order valence-electron chi connectivity index (χ0n) is 9.01. The maximum Gasteiger partial charge on any atom is 0.337 e. The average Bonchev–Trinajstić information content (AvgIpc) is 2.32. The van der Waals surface area contributed by atoms with Crippen molar-refractivity contribution in [2.75, 3.05) is 5.32 Å². The highest BCUT2D eigenvalue weighted by Gasteiger charge is 1.98. The minimum absolute atomic E-state index is 0.574. The summed E-state index contributed by atoms with van der Waals surface area (Å²) in [6, 6.07) is 15.4. The molecule has 17 heavy (non-hydrogen) atoms. The van der Waals surface area contributed by atoms with Gasteiger partial charge in [0.1, 0.15) is 11.5 Å². The minimum atomic E-state index is -0.832. The van der Waals surface area contributed by atoms with E-state index in [9.17, 15) is 4.79 Å². The molecule has 4 heteroatoms. The predicted molar refractivity (Wildman–Crippen MR) is 65.1 cm³/mol. The van der Waals surface area contributed by atoms with Crippen molar-refractivity contribution in [1.82, 2.24) is 5.73 Å². The maximum atomic E-state index is 10.5. The number of hydrogen-bond donors (Lipinski definition) is 1. The average molecular weight is 227 g/mol. The van der Waals surface area contributed by atoms with E-state index < -0.39 is 6.03 Å². The van der Waals surface area contributed by atoms with Gasteiger partial charge in [-0.15, -0.1) is 0 Å². The molecule has 0 aliphatic heterocycles. The van der Waals surface area contributed by atoms with E-state index in [2.05, 4.69) is 5.32 Å². The molecule has 0 atom stereocenters. The number of anilines is 1. The standard InChI is InChI=1S/C13H11N2O2/c14-13(16)15-10-6-8-12(9-7-10)17-11-4-2-1-3-5-11/h1-9,14H,(H,15,16). The number of ether oxygens (including phenoxy) is 1. The van der Waals surface area contributed by atoms with Gasteiger partial charge in [0, 0.05) is 5.69 Å². The Morgan fingerprint density at radius 2 is 1.53 bits per heavy atom. The first-order valence-corrected chi connectivity index (χ1v) is 5.09. The summed E-state index contributed by atoms with van der Waals surface area (Å²) >= 11 is 0. The highest BCUT2D eigenvalue weighted by atomic mass is 16.5. The fourth-order valence-electron chi connectivity index (χ4n) is 1.36. The molecule has 0 aromatic heterocycles. The summed E-state index contributed by atoms with van der Waals surface area (Å²) < 4.78 is 5.58. The van der Waals surface area contributed by atoms with Gasteiger partial charge >= 0.3 is 6.03 Å². The van der Waals surface area contributed by atoms with Gasteiger partial charge in [0.15, 0.2) is 0 Å². The Kier molecular flexibility index (Phi) is 3.25. The van der Waals surface area contributed by atoms with Crippen LogP contribution in [0.3, 0.4) is 0 Å². The highest BCUT2D eigenvalue weighted by Crippen LogP contribution is 2.22. The number of carbonyl (C=O) groups is 1. The van der Waals surface area contributed by atoms with Gasteiger partial charge in [0.25, 0.3) is 0 Å². The third-order valence-electron chi connectivity index (χ3n) is 2.09. The third-order valence-corrected chi connectivity index (χ3v) is 2.09. The molecule has 2 aromatic carbocycles. The first-order chi connectivity index (χ1) is 8.24. The van der Waals surface area contributed by atoms with Crippen LogP contribution in [0.15, 0.2) is 54.6 Å². The SMILES string of the molecule is [NH]C(=O)Nc1ccc(Oc2ccccc2)cc1. The van der Waals surface area contributed by atoms with Crippen molar-refractivity contribution in [3.63, 3.8) is 0 Å². The Bertz CT molecular complexity index is 495. The van der Waals surface area contributed by atoms with Crippen molar-refractivity contribution < 1.29 is 9.53 Å². The van der Waals surface area contributed by atoms with Gasteiger partial charge < -0.3 is 10.1 Å². The Balaban J connectivity index is 2.06. The molecule has 0 bridgehead atoms. The number of urea groups is 1. The van der Waals surface area contributed by atoms with E-state index in [-0.39, 0.29) is 0 Å². The molecule has 4 nitrogen and oxygen atoms in total. The molecule has 0 fully saturated rings. The van der Waals surface area contributed by atoms with Gasteiger partial charge in [-0.3, -0.25) is 0 Å². The fourth-order valence-corrected chi connectivity index (χ4v) is 1.36. The van der Waals surface area contributed by atoms with E-state index in [1.165, 1.54) is 0 Å². The number of rotatable bonds is 3. The molecule has 0 heterocycles. The van der Waals surface area contributed by atoms with Crippen LogP contribution in [0, 0.1) is 0 Å². The van der Waals surface area contributed by atoms with Crippen molar-refractivity contribution in [3.8, 4) is 11.5 Å². The summed E-state index contributed by atoms with van der Waals surface area (Å²) in [5.41, 5.74) is 7.34. The van der Waals surface area contributed by atoms with Crippen LogP contribution >= 0.6 is 0 Å². The molecule has 2 aromatic rings. The van der Waals surface area contributed by atoms with Crippen molar-refractivity contribution in [1.29, 1.82) is 0 Å². The van der Waals surface area contributed by atoms with Crippen molar-refractivity contribution >= 4 is 11.7 Å². The van der Waals surface area contributed by atoms with Gasteiger partial charge in [-0.2, -0.15) is 0 Å². The molecule has 1 radical (unpaired) electrons. The smallest absolute Gasteiger partial charge is 0.337 e. The van der Waals surface area contributed by atoms with Crippen LogP contribution in [0.2, 0.25) is 0 Å². The van der Waals surface area contributed by atoms with Crippen LogP contribution in [0.5, 0.6) is 11.5 Å². The lowest BCUT2D eigenvalue weighted by Crippen LogP contribution is -2.08. The monoisotopic (exact) mass is 227 g/mol. The fraction of sp³-hybridized carbons (Fsp3) is 0. The van der Waals surface area contributed by atoms with Crippen LogP contribution in [0.25, 0.3) is 0 Å². The summed E-state index contributed by atoms with van der Waals surface area (Å²) in [7, 11) is 0. The number of amides is 2. The van der Waals surface area contributed by atoms with Crippen LogP contribution < -0.4 is 15.8 Å². The molecule has 0 aliphatic rings. The van der Waals surface area contributed by atoms with Crippen molar-refractivity contribution in [3.05, 3.63) is 54.6 Å². The topological polar surface area (TPSA) is 62.1 Å². The largest absolute Gasteiger partial charge is 0.457 e. The number of hydrogen-bond acceptors (Lipinski definition) is 2. The maximum absolute atomic E-state index is 10.5. The summed E-state index contributed by atoms with van der Waals surface area (Å²) in [4.78, 5) is 10.5. The van der Waals surface area contributed by atoms with Gasteiger partial charge in [-0.05, 0) is 36.4 Å². The Morgan fingerprint density at radius 3 is 2.12 bits per heavy atom. The number of nitrogens with one attached hydrogen (secondary N) is 2. The molecule has 0 aliphatic carbocycles. The number of para-hydroxylation sites is 1. The lowest BCUT2D eigenvalue weighted by molar-refractivity contribution is 0.258. The number of carbonyl (C=O) groups excluding carboxylic acids is 1. The molecule has 2 rings (SSSR count). The highest BCUT2D eigenvalue weighted by molar-refractivity contribution is 5.87. The lowest BCUT2D eigenvalue weighted by atomic mass is 10.3. The van der Waals surface area contributed by atoms with Crippen molar-refractivity contribution in [2.24, 2.45) is 0 Å². The quantitative estimate of drug-likeness (QED) is 0.874. The zero-order valence-corrected chi connectivity index (χ0v) is 9.01. The van der Waals surface area contributed by atoms with Crippen LogP contribution in [0.1, 0.15) is 0 Å². The Labute approximate surface area is 99.0 Å². The zero-order chi connectivity index (χ0) is 12.1. The Hall–Kier alpha value is -2.49. The van der Waals surface area contributed by atoms with Crippen LogP contribution in [0.4, 0.5) is 10.5 Å². The molecule has 85 valence electrons. The second-order valence-electron chi connectivity index (χ2n) is 3.39. The second-order valence-corrected chi connectivity index (χ2v) is 3.39. The number of benzene rings is 2. The molecule has 0 unspecified atom stereocenters. The molecule has 0 saturated carbocycles. The molecule has 2 amide bonds. The van der Waals surface area contributed by atoms with E-state index in [0.717, 1.165) is 5.75 Å². The molecular formula is C13H11N2O2. The van der Waals surface area contributed by atoms with Gasteiger partial charge in [-0.25, -0.2) is 10.5 Å². The first-order valence-electron chi connectivity index (χ1n) is 5.09. The summed E-state index contributed by atoms with van der Waals surface area (Å²) in [5, 5.41) is 2.37. The van der Waals surface area contributed by atoms with Gasteiger partial charge in [0.2, 0.25) is 0 Å². The summed E-state index contributed by atoms with van der Waals surface area (Å²) in [6.07, 6.45) is 0. The summed E-state index contributed by atoms with van der Waals surface area (Å²) in [6.45, 7) is 0. The molecular weight excluding hydrogens is 216 g/mol.